The molecule has 0 aliphatic carbocycles. The molecule has 0 amide bonds. The summed E-state index contributed by atoms with van der Waals surface area (Å²) in [6, 6.07) is 1.69. The Hall–Kier alpha value is -0.890. The van der Waals surface area contributed by atoms with Crippen LogP contribution in [0.15, 0.2) is 15.4 Å². The molecule has 1 aromatic rings. The molecule has 1 rings (SSSR count). The molecule has 6 nitrogen and oxygen atoms in total. The topological polar surface area (TPSA) is 74.6 Å². The van der Waals surface area contributed by atoms with Crippen LogP contribution in [-0.2, 0) is 16.6 Å². The zero-order valence-corrected chi connectivity index (χ0v) is 13.0. The van der Waals surface area contributed by atoms with E-state index < -0.39 is 10.0 Å². The number of sulfonamides is 1. The molecule has 0 aromatic carbocycles. The number of rotatable bonds is 7. The highest BCUT2D eigenvalue weighted by Crippen LogP contribution is 2.19. The van der Waals surface area contributed by atoms with Gasteiger partial charge in [0.1, 0.15) is 16.4 Å². The van der Waals surface area contributed by atoms with Gasteiger partial charge in [-0.1, -0.05) is 0 Å². The average molecular weight is 289 g/mol. The van der Waals surface area contributed by atoms with Gasteiger partial charge in [0.05, 0.1) is 6.54 Å². The van der Waals surface area contributed by atoms with E-state index in [1.54, 1.807) is 20.0 Å². The summed E-state index contributed by atoms with van der Waals surface area (Å²) < 4.78 is 32.4. The van der Waals surface area contributed by atoms with E-state index in [1.807, 2.05) is 25.9 Å². The second-order valence-corrected chi connectivity index (χ2v) is 6.56. The van der Waals surface area contributed by atoms with Gasteiger partial charge < -0.3 is 14.6 Å². The van der Waals surface area contributed by atoms with Crippen molar-refractivity contribution in [3.63, 3.8) is 0 Å². The summed E-state index contributed by atoms with van der Waals surface area (Å²) in [5, 5.41) is 2.93. The second kappa shape index (κ2) is 6.51. The fraction of sp³-hybridized carbons (Fsp3) is 0.667. The lowest BCUT2D eigenvalue weighted by atomic mass is 10.3. The molecule has 19 heavy (non-hydrogen) atoms. The van der Waals surface area contributed by atoms with E-state index in [0.717, 1.165) is 0 Å². The van der Waals surface area contributed by atoms with Crippen molar-refractivity contribution in [1.82, 2.24) is 14.9 Å². The number of nitrogens with one attached hydrogen (secondary N) is 2. The van der Waals surface area contributed by atoms with Crippen molar-refractivity contribution in [2.75, 3.05) is 27.7 Å². The van der Waals surface area contributed by atoms with E-state index in [1.165, 1.54) is 0 Å². The third-order valence-corrected chi connectivity index (χ3v) is 4.55. The molecule has 0 saturated carbocycles. The molecule has 0 fully saturated rings. The van der Waals surface area contributed by atoms with Crippen molar-refractivity contribution in [1.29, 1.82) is 0 Å². The van der Waals surface area contributed by atoms with Crippen molar-refractivity contribution in [2.45, 2.75) is 31.3 Å². The van der Waals surface area contributed by atoms with Gasteiger partial charge in [-0.2, -0.15) is 0 Å². The molecular weight excluding hydrogens is 266 g/mol. The molecule has 0 spiro atoms. The Labute approximate surface area is 115 Å². The van der Waals surface area contributed by atoms with Crippen molar-refractivity contribution in [3.05, 3.63) is 17.6 Å². The minimum Gasteiger partial charge on any atom is -0.464 e. The van der Waals surface area contributed by atoms with Crippen molar-refractivity contribution < 1.29 is 12.8 Å². The van der Waals surface area contributed by atoms with Gasteiger partial charge in [-0.15, -0.1) is 0 Å². The van der Waals surface area contributed by atoms with Crippen LogP contribution in [0.1, 0.15) is 18.4 Å². The fourth-order valence-corrected chi connectivity index (χ4v) is 2.87. The molecule has 2 N–H and O–H groups in total. The SMILES string of the molecule is CNCc1cc(S(=O)(=O)NCC(C)N(C)C)c(C)o1. The first kappa shape index (κ1) is 16.2. The minimum absolute atomic E-state index is 0.124. The van der Waals surface area contributed by atoms with Crippen molar-refractivity contribution in [2.24, 2.45) is 0 Å². The Bertz CT molecular complexity index is 508. The maximum absolute atomic E-state index is 12.2. The van der Waals surface area contributed by atoms with Crippen LogP contribution < -0.4 is 10.0 Å². The van der Waals surface area contributed by atoms with E-state index in [-0.39, 0.29) is 10.9 Å². The summed E-state index contributed by atoms with van der Waals surface area (Å²) in [5.74, 6) is 1.02. The number of furan rings is 1. The number of hydrogen-bond acceptors (Lipinski definition) is 5. The first-order valence-corrected chi connectivity index (χ1v) is 7.66. The van der Waals surface area contributed by atoms with E-state index in [0.29, 0.717) is 24.6 Å². The molecule has 7 heteroatoms. The highest BCUT2D eigenvalue weighted by atomic mass is 32.2. The zero-order valence-electron chi connectivity index (χ0n) is 12.1. The monoisotopic (exact) mass is 289 g/mol. The van der Waals surface area contributed by atoms with Crippen LogP contribution in [0.5, 0.6) is 0 Å². The second-order valence-electron chi connectivity index (χ2n) is 4.83. The summed E-state index contributed by atoms with van der Waals surface area (Å²) in [5.41, 5.74) is 0. The van der Waals surface area contributed by atoms with Crippen LogP contribution in [-0.4, -0.2) is 47.0 Å². The maximum Gasteiger partial charge on any atom is 0.244 e. The normalized spacial score (nSPS) is 14.0. The van der Waals surface area contributed by atoms with Gasteiger partial charge in [-0.3, -0.25) is 0 Å². The lowest BCUT2D eigenvalue weighted by molar-refractivity contribution is 0.314. The highest BCUT2D eigenvalue weighted by Gasteiger charge is 2.22. The summed E-state index contributed by atoms with van der Waals surface area (Å²) in [6.07, 6.45) is 0. The Morgan fingerprint density at radius 2 is 2.05 bits per heavy atom. The number of nitrogens with zero attached hydrogens (tertiary/aromatic N) is 1. The number of hydrogen-bond donors (Lipinski definition) is 2. The van der Waals surface area contributed by atoms with E-state index in [2.05, 4.69) is 10.0 Å². The predicted molar refractivity (Wildman–Crippen MR) is 74.5 cm³/mol. The maximum atomic E-state index is 12.2. The average Bonchev–Trinajstić information content (AvgIpc) is 2.68. The van der Waals surface area contributed by atoms with E-state index in [4.69, 9.17) is 4.42 Å². The molecule has 1 aromatic heterocycles. The van der Waals surface area contributed by atoms with Crippen LogP contribution in [0.3, 0.4) is 0 Å². The Balaban J connectivity index is 2.82. The quantitative estimate of drug-likeness (QED) is 0.766. The summed E-state index contributed by atoms with van der Waals surface area (Å²) in [4.78, 5) is 2.17. The van der Waals surface area contributed by atoms with Gasteiger partial charge in [0.25, 0.3) is 0 Å². The summed E-state index contributed by atoms with van der Waals surface area (Å²) >= 11 is 0. The smallest absolute Gasteiger partial charge is 0.244 e. The van der Waals surface area contributed by atoms with Gasteiger partial charge in [0, 0.05) is 18.7 Å². The summed E-state index contributed by atoms with van der Waals surface area (Å²) in [7, 11) is 2.09. The third kappa shape index (κ3) is 4.31. The number of likely N-dealkylation sites (N-methyl/N-ethyl adjacent to an activating group) is 1. The van der Waals surface area contributed by atoms with Crippen LogP contribution in [0.25, 0.3) is 0 Å². The molecule has 1 atom stereocenters. The Morgan fingerprint density at radius 1 is 1.42 bits per heavy atom. The first-order chi connectivity index (χ1) is 8.77. The molecule has 110 valence electrons. The lowest BCUT2D eigenvalue weighted by Crippen LogP contribution is -2.38. The highest BCUT2D eigenvalue weighted by molar-refractivity contribution is 7.89. The van der Waals surface area contributed by atoms with Crippen LogP contribution in [0, 0.1) is 6.92 Å². The third-order valence-electron chi connectivity index (χ3n) is 3.01. The molecule has 0 aliphatic heterocycles. The van der Waals surface area contributed by atoms with E-state index >= 15 is 0 Å². The molecular formula is C12H23N3O3S. The summed E-state index contributed by atoms with van der Waals surface area (Å²) in [6.45, 7) is 4.48. The fourth-order valence-electron chi connectivity index (χ4n) is 1.54. The van der Waals surface area contributed by atoms with Crippen LogP contribution in [0.4, 0.5) is 0 Å². The first-order valence-electron chi connectivity index (χ1n) is 6.18. The zero-order chi connectivity index (χ0) is 14.6. The standard InChI is InChI=1S/C12H23N3O3S/c1-9(15(4)5)7-14-19(16,17)12-6-11(8-13-3)18-10(12)2/h6,9,13-14H,7-8H2,1-5H3. The largest absolute Gasteiger partial charge is 0.464 e. The molecule has 0 aliphatic rings. The van der Waals surface area contributed by atoms with Gasteiger partial charge in [-0.25, -0.2) is 13.1 Å². The van der Waals surface area contributed by atoms with Crippen LogP contribution >= 0.6 is 0 Å². The molecule has 0 saturated heterocycles. The Kier molecular flexibility index (Phi) is 5.54. The van der Waals surface area contributed by atoms with E-state index in [9.17, 15) is 8.42 Å². The van der Waals surface area contributed by atoms with Crippen molar-refractivity contribution in [3.8, 4) is 0 Å². The molecule has 0 bridgehead atoms. The van der Waals surface area contributed by atoms with Gasteiger partial charge in [0.2, 0.25) is 10.0 Å². The van der Waals surface area contributed by atoms with Gasteiger partial charge in [0.15, 0.2) is 0 Å². The number of aryl methyl sites for hydroxylation is 1. The molecule has 0 radical (unpaired) electrons. The molecule has 1 heterocycles. The predicted octanol–water partition coefficient (Wildman–Crippen LogP) is 0.536. The van der Waals surface area contributed by atoms with Gasteiger partial charge in [-0.05, 0) is 35.0 Å². The minimum atomic E-state index is -3.52. The van der Waals surface area contributed by atoms with Crippen molar-refractivity contribution >= 4 is 10.0 Å². The van der Waals surface area contributed by atoms with Crippen LogP contribution in [0.2, 0.25) is 0 Å². The van der Waals surface area contributed by atoms with Gasteiger partial charge >= 0.3 is 0 Å². The lowest BCUT2D eigenvalue weighted by Gasteiger charge is -2.19. The molecule has 1 unspecified atom stereocenters. The Morgan fingerprint density at radius 3 is 2.58 bits per heavy atom.